The van der Waals surface area contributed by atoms with E-state index in [9.17, 15) is 9.59 Å². The number of methoxy groups -OCH3 is 1. The van der Waals surface area contributed by atoms with E-state index in [1.807, 2.05) is 0 Å². The van der Waals surface area contributed by atoms with Crippen LogP contribution in [0.2, 0.25) is 0 Å². The van der Waals surface area contributed by atoms with Crippen LogP contribution in [0.5, 0.6) is 0 Å². The molecule has 1 fully saturated rings. The fraction of sp³-hybridized carbons (Fsp3) is 0.500. The van der Waals surface area contributed by atoms with Gasteiger partial charge in [0.2, 0.25) is 0 Å². The minimum absolute atomic E-state index is 0.0356. The number of ether oxygens (including phenoxy) is 1. The Morgan fingerprint density at radius 1 is 1.53 bits per heavy atom. The average molecular weight is 237 g/mol. The molecule has 5 nitrogen and oxygen atoms in total. The topological polar surface area (TPSA) is 79.4 Å². The van der Waals surface area contributed by atoms with E-state index in [0.29, 0.717) is 12.0 Å². The lowest BCUT2D eigenvalue weighted by molar-refractivity contribution is -0.0704. The average Bonchev–Trinajstić information content (AvgIpc) is 2.72. The van der Waals surface area contributed by atoms with E-state index >= 15 is 0 Å². The van der Waals surface area contributed by atoms with Crippen molar-refractivity contribution in [2.45, 2.75) is 31.3 Å². The number of Topliss-reactive ketones (excluding diaryl/α,β-unsaturated/α-hetero) is 1. The van der Waals surface area contributed by atoms with Gasteiger partial charge in [-0.3, -0.25) is 4.79 Å². The molecule has 92 valence electrons. The summed E-state index contributed by atoms with van der Waals surface area (Å²) in [6.45, 7) is 0. The van der Waals surface area contributed by atoms with Crippen LogP contribution in [-0.4, -0.2) is 34.6 Å². The number of carbonyl (C=O) groups excluding carboxylic acids is 1. The normalized spacial score (nSPS) is 17.5. The van der Waals surface area contributed by atoms with Crippen LogP contribution in [-0.2, 0) is 4.74 Å². The van der Waals surface area contributed by atoms with Crippen molar-refractivity contribution in [3.05, 3.63) is 23.5 Å². The molecule has 0 radical (unpaired) electrons. The summed E-state index contributed by atoms with van der Waals surface area (Å²) in [6, 6.07) is 1.37. The number of hydrogen-bond acceptors (Lipinski definition) is 3. The molecule has 0 amide bonds. The summed E-state index contributed by atoms with van der Waals surface area (Å²) in [5, 5.41) is 8.75. The highest BCUT2D eigenvalue weighted by molar-refractivity contribution is 5.99. The van der Waals surface area contributed by atoms with E-state index in [2.05, 4.69) is 4.98 Å². The summed E-state index contributed by atoms with van der Waals surface area (Å²) in [4.78, 5) is 25.2. The summed E-state index contributed by atoms with van der Waals surface area (Å²) >= 11 is 0. The molecule has 0 aromatic carbocycles. The Balaban J connectivity index is 2.06. The second-order valence-corrected chi connectivity index (χ2v) is 4.45. The van der Waals surface area contributed by atoms with Gasteiger partial charge in [-0.15, -0.1) is 0 Å². The number of ketones is 1. The molecule has 1 aromatic heterocycles. The van der Waals surface area contributed by atoms with E-state index in [4.69, 9.17) is 9.84 Å². The molecule has 1 heterocycles. The van der Waals surface area contributed by atoms with E-state index in [1.54, 1.807) is 7.11 Å². The summed E-state index contributed by atoms with van der Waals surface area (Å²) in [5.41, 5.74) is 0.122. The van der Waals surface area contributed by atoms with Gasteiger partial charge in [0, 0.05) is 25.3 Å². The zero-order chi connectivity index (χ0) is 12.5. The number of carbonyl (C=O) groups is 2. The number of H-pyrrole nitrogens is 1. The maximum atomic E-state index is 12.0. The van der Waals surface area contributed by atoms with Crippen molar-refractivity contribution in [1.82, 2.24) is 4.98 Å². The van der Waals surface area contributed by atoms with Crippen molar-refractivity contribution in [1.29, 1.82) is 0 Å². The van der Waals surface area contributed by atoms with Crippen LogP contribution in [0.3, 0.4) is 0 Å². The largest absolute Gasteiger partial charge is 0.477 e. The number of aromatic amines is 1. The Morgan fingerprint density at radius 2 is 2.24 bits per heavy atom. The van der Waals surface area contributed by atoms with Gasteiger partial charge < -0.3 is 14.8 Å². The molecular weight excluding hydrogens is 222 g/mol. The van der Waals surface area contributed by atoms with Gasteiger partial charge in [-0.1, -0.05) is 0 Å². The van der Waals surface area contributed by atoms with Gasteiger partial charge in [0.15, 0.2) is 5.78 Å². The van der Waals surface area contributed by atoms with E-state index < -0.39 is 5.97 Å². The van der Waals surface area contributed by atoms with Gasteiger partial charge >= 0.3 is 5.97 Å². The van der Waals surface area contributed by atoms with Crippen molar-refractivity contribution in [3.8, 4) is 0 Å². The molecule has 0 atom stereocenters. The standard InChI is InChI=1S/C12H15NO4/c1-17-12(3-2-4-12)6-10(14)8-5-9(11(15)16)13-7-8/h5,7,13H,2-4,6H2,1H3,(H,15,16). The third kappa shape index (κ3) is 2.24. The predicted molar refractivity (Wildman–Crippen MR) is 60.3 cm³/mol. The maximum absolute atomic E-state index is 12.0. The van der Waals surface area contributed by atoms with Crippen molar-refractivity contribution in [3.63, 3.8) is 0 Å². The molecule has 1 aliphatic rings. The summed E-state index contributed by atoms with van der Waals surface area (Å²) in [7, 11) is 1.62. The van der Waals surface area contributed by atoms with E-state index in [1.165, 1.54) is 12.3 Å². The van der Waals surface area contributed by atoms with Gasteiger partial charge in [0.25, 0.3) is 0 Å². The molecule has 5 heteroatoms. The first-order chi connectivity index (χ1) is 8.06. The van der Waals surface area contributed by atoms with E-state index in [0.717, 1.165) is 19.3 Å². The second-order valence-electron chi connectivity index (χ2n) is 4.45. The van der Waals surface area contributed by atoms with Crippen molar-refractivity contribution < 1.29 is 19.4 Å². The van der Waals surface area contributed by atoms with Gasteiger partial charge in [-0.25, -0.2) is 4.79 Å². The number of hydrogen-bond donors (Lipinski definition) is 2. The van der Waals surface area contributed by atoms with E-state index in [-0.39, 0.29) is 17.1 Å². The van der Waals surface area contributed by atoms with Crippen LogP contribution in [0.25, 0.3) is 0 Å². The molecule has 2 rings (SSSR count). The van der Waals surface area contributed by atoms with Crippen molar-refractivity contribution in [2.75, 3.05) is 7.11 Å². The van der Waals surface area contributed by atoms with Crippen LogP contribution in [0.4, 0.5) is 0 Å². The molecule has 1 aromatic rings. The molecule has 1 aliphatic carbocycles. The van der Waals surface area contributed by atoms with Crippen LogP contribution < -0.4 is 0 Å². The molecule has 0 spiro atoms. The Labute approximate surface area is 98.8 Å². The lowest BCUT2D eigenvalue weighted by Gasteiger charge is -2.39. The highest BCUT2D eigenvalue weighted by atomic mass is 16.5. The van der Waals surface area contributed by atoms with Crippen LogP contribution in [0.15, 0.2) is 12.3 Å². The van der Waals surface area contributed by atoms with Crippen molar-refractivity contribution in [2.24, 2.45) is 0 Å². The molecule has 0 unspecified atom stereocenters. The summed E-state index contributed by atoms with van der Waals surface area (Å²) < 4.78 is 5.37. The van der Waals surface area contributed by atoms with Gasteiger partial charge in [-0.05, 0) is 25.3 Å². The lowest BCUT2D eigenvalue weighted by atomic mass is 9.76. The molecule has 2 N–H and O–H groups in total. The molecule has 1 saturated carbocycles. The Morgan fingerprint density at radius 3 is 2.65 bits per heavy atom. The SMILES string of the molecule is COC1(CC(=O)c2c[nH]c(C(=O)O)c2)CCC1. The number of carboxylic acids is 1. The Bertz CT molecular complexity index is 440. The number of carboxylic acid groups (broad SMARTS) is 1. The smallest absolute Gasteiger partial charge is 0.352 e. The van der Waals surface area contributed by atoms with Crippen LogP contribution in [0.1, 0.15) is 46.5 Å². The number of nitrogens with one attached hydrogen (secondary N) is 1. The molecule has 0 bridgehead atoms. The highest BCUT2D eigenvalue weighted by Gasteiger charge is 2.39. The minimum Gasteiger partial charge on any atom is -0.477 e. The number of aromatic nitrogens is 1. The molecule has 0 aliphatic heterocycles. The third-order valence-electron chi connectivity index (χ3n) is 3.42. The number of rotatable bonds is 5. The maximum Gasteiger partial charge on any atom is 0.352 e. The second kappa shape index (κ2) is 4.33. The highest BCUT2D eigenvalue weighted by Crippen LogP contribution is 2.38. The Hall–Kier alpha value is -1.62. The van der Waals surface area contributed by atoms with Crippen LogP contribution >= 0.6 is 0 Å². The first-order valence-corrected chi connectivity index (χ1v) is 5.56. The third-order valence-corrected chi connectivity index (χ3v) is 3.42. The molecule has 17 heavy (non-hydrogen) atoms. The fourth-order valence-corrected chi connectivity index (χ4v) is 2.10. The monoisotopic (exact) mass is 237 g/mol. The zero-order valence-electron chi connectivity index (χ0n) is 9.66. The summed E-state index contributed by atoms with van der Waals surface area (Å²) in [6.07, 6.45) is 4.62. The Kier molecular flexibility index (Phi) is 3.02. The quantitative estimate of drug-likeness (QED) is 0.766. The first-order valence-electron chi connectivity index (χ1n) is 5.56. The predicted octanol–water partition coefficient (Wildman–Crippen LogP) is 1.85. The number of aromatic carboxylic acids is 1. The van der Waals surface area contributed by atoms with Gasteiger partial charge in [0.05, 0.1) is 5.60 Å². The van der Waals surface area contributed by atoms with Crippen molar-refractivity contribution >= 4 is 11.8 Å². The van der Waals surface area contributed by atoms with Gasteiger partial charge in [-0.2, -0.15) is 0 Å². The molecule has 0 saturated heterocycles. The van der Waals surface area contributed by atoms with Crippen LogP contribution in [0, 0.1) is 0 Å². The summed E-state index contributed by atoms with van der Waals surface area (Å²) in [5.74, 6) is -1.13. The minimum atomic E-state index is -1.06. The molecular formula is C12H15NO4. The lowest BCUT2D eigenvalue weighted by Crippen LogP contribution is -2.41. The zero-order valence-corrected chi connectivity index (χ0v) is 9.66. The van der Waals surface area contributed by atoms with Gasteiger partial charge in [0.1, 0.15) is 5.69 Å². The first kappa shape index (κ1) is 11.9. The fourth-order valence-electron chi connectivity index (χ4n) is 2.10.